The minimum atomic E-state index is -0.290. The van der Waals surface area contributed by atoms with Gasteiger partial charge in [0.15, 0.2) is 0 Å². The van der Waals surface area contributed by atoms with Crippen molar-refractivity contribution in [2.24, 2.45) is 11.7 Å². The number of hydrogen-bond donors (Lipinski definition) is 2. The topological polar surface area (TPSA) is 67.6 Å². The number of benzene rings is 1. The number of ether oxygens (including phenoxy) is 1. The Morgan fingerprint density at radius 3 is 2.58 bits per heavy atom. The van der Waals surface area contributed by atoms with Gasteiger partial charge >= 0.3 is 0 Å². The molecule has 2 atom stereocenters. The van der Waals surface area contributed by atoms with Gasteiger partial charge in [-0.1, -0.05) is 37.3 Å². The minimum Gasteiger partial charge on any atom is -0.379 e. The van der Waals surface area contributed by atoms with Crippen molar-refractivity contribution in [2.75, 3.05) is 26.3 Å². The molecule has 19 heavy (non-hydrogen) atoms. The van der Waals surface area contributed by atoms with Crippen LogP contribution in [0.4, 0.5) is 0 Å². The van der Waals surface area contributed by atoms with Crippen molar-refractivity contribution < 1.29 is 9.53 Å². The van der Waals surface area contributed by atoms with Crippen molar-refractivity contribution in [2.45, 2.75) is 13.0 Å². The molecule has 1 aromatic carbocycles. The van der Waals surface area contributed by atoms with E-state index in [0.29, 0.717) is 13.2 Å². The predicted octanol–water partition coefficient (Wildman–Crippen LogP) is 0.686. The fraction of sp³-hybridized carbons (Fsp3) is 0.500. The molecule has 0 radical (unpaired) electrons. The summed E-state index contributed by atoms with van der Waals surface area (Å²) in [6, 6.07) is 9.41. The van der Waals surface area contributed by atoms with Gasteiger partial charge in [-0.2, -0.15) is 0 Å². The molecular weight excluding hydrogens is 242 g/mol. The predicted molar refractivity (Wildman–Crippen MR) is 73.1 cm³/mol. The lowest BCUT2D eigenvalue weighted by atomic mass is 9.95. The van der Waals surface area contributed by atoms with E-state index in [9.17, 15) is 4.79 Å². The van der Waals surface area contributed by atoms with E-state index >= 15 is 0 Å². The van der Waals surface area contributed by atoms with Gasteiger partial charge in [0.05, 0.1) is 19.1 Å². The number of nitrogens with one attached hydrogen (secondary N) is 1. The molecule has 0 spiro atoms. The Kier molecular flexibility index (Phi) is 4.90. The van der Waals surface area contributed by atoms with Gasteiger partial charge < -0.3 is 10.5 Å². The number of nitrogens with zero attached hydrogens (tertiary/aromatic N) is 1. The van der Waals surface area contributed by atoms with Crippen molar-refractivity contribution in [3.63, 3.8) is 0 Å². The Morgan fingerprint density at radius 2 is 1.95 bits per heavy atom. The van der Waals surface area contributed by atoms with Crippen LogP contribution in [0.2, 0.25) is 0 Å². The molecule has 104 valence electrons. The van der Waals surface area contributed by atoms with Crippen molar-refractivity contribution in [3.8, 4) is 0 Å². The van der Waals surface area contributed by atoms with Crippen LogP contribution in [0, 0.1) is 5.92 Å². The minimum absolute atomic E-state index is 0.0433. The molecule has 1 aromatic rings. The van der Waals surface area contributed by atoms with Crippen molar-refractivity contribution >= 4 is 5.91 Å². The Morgan fingerprint density at radius 1 is 1.32 bits per heavy atom. The molecule has 1 amide bonds. The Bertz CT molecular complexity index is 404. The summed E-state index contributed by atoms with van der Waals surface area (Å²) in [6.45, 7) is 4.60. The highest BCUT2D eigenvalue weighted by atomic mass is 16.5. The molecule has 1 fully saturated rings. The number of morpholine rings is 1. The second-order valence-electron chi connectivity index (χ2n) is 4.80. The number of rotatable bonds is 4. The van der Waals surface area contributed by atoms with Gasteiger partial charge in [0.25, 0.3) is 0 Å². The Hall–Kier alpha value is -1.43. The van der Waals surface area contributed by atoms with E-state index < -0.39 is 0 Å². The molecular formula is C14H21N3O2. The summed E-state index contributed by atoms with van der Waals surface area (Å²) in [4.78, 5) is 12.2. The maximum Gasteiger partial charge on any atom is 0.239 e. The molecule has 2 unspecified atom stereocenters. The summed E-state index contributed by atoms with van der Waals surface area (Å²) in [5, 5.41) is 1.89. The van der Waals surface area contributed by atoms with Crippen LogP contribution in [0.25, 0.3) is 0 Å². The van der Waals surface area contributed by atoms with Gasteiger partial charge in [-0.05, 0) is 5.56 Å². The molecule has 0 aromatic heterocycles. The normalized spacial score (nSPS) is 19.7. The number of hydrogen-bond acceptors (Lipinski definition) is 4. The maximum absolute atomic E-state index is 12.2. The number of carbonyl (C=O) groups is 1. The Balaban J connectivity index is 1.91. The standard InChI is InChI=1S/C14H21N3O2/c1-11(13(15)12-5-3-2-4-6-12)14(18)16-17-7-9-19-10-8-17/h2-6,11,13H,7-10,15H2,1H3,(H,16,18). The van der Waals surface area contributed by atoms with Gasteiger partial charge in [0.2, 0.25) is 5.91 Å². The lowest BCUT2D eigenvalue weighted by molar-refractivity contribution is -0.132. The van der Waals surface area contributed by atoms with Crippen LogP contribution in [-0.4, -0.2) is 37.2 Å². The zero-order valence-corrected chi connectivity index (χ0v) is 11.2. The fourth-order valence-corrected chi connectivity index (χ4v) is 2.06. The lowest BCUT2D eigenvalue weighted by Gasteiger charge is -2.29. The van der Waals surface area contributed by atoms with Gasteiger partial charge in [0.1, 0.15) is 0 Å². The molecule has 1 aliphatic heterocycles. The van der Waals surface area contributed by atoms with E-state index in [2.05, 4.69) is 5.43 Å². The van der Waals surface area contributed by atoms with Gasteiger partial charge in [0, 0.05) is 19.1 Å². The largest absolute Gasteiger partial charge is 0.379 e. The third-order valence-electron chi connectivity index (χ3n) is 3.42. The lowest BCUT2D eigenvalue weighted by Crippen LogP contribution is -2.51. The highest BCUT2D eigenvalue weighted by Gasteiger charge is 2.24. The van der Waals surface area contributed by atoms with Crippen LogP contribution < -0.4 is 11.2 Å². The first-order valence-electron chi connectivity index (χ1n) is 6.62. The summed E-state index contributed by atoms with van der Waals surface area (Å²) < 4.78 is 5.24. The zero-order valence-electron chi connectivity index (χ0n) is 11.2. The molecule has 1 aliphatic rings. The van der Waals surface area contributed by atoms with Crippen LogP contribution in [0.15, 0.2) is 30.3 Å². The van der Waals surface area contributed by atoms with Crippen LogP contribution in [0.5, 0.6) is 0 Å². The number of amides is 1. The van der Waals surface area contributed by atoms with Gasteiger partial charge in [-0.3, -0.25) is 10.2 Å². The maximum atomic E-state index is 12.2. The number of nitrogens with two attached hydrogens (primary N) is 1. The van der Waals surface area contributed by atoms with Crippen LogP contribution in [-0.2, 0) is 9.53 Å². The smallest absolute Gasteiger partial charge is 0.239 e. The summed E-state index contributed by atoms with van der Waals surface area (Å²) in [6.07, 6.45) is 0. The molecule has 2 rings (SSSR count). The van der Waals surface area contributed by atoms with E-state index in [-0.39, 0.29) is 17.9 Å². The van der Waals surface area contributed by atoms with E-state index in [1.165, 1.54) is 0 Å². The van der Waals surface area contributed by atoms with Crippen molar-refractivity contribution in [1.82, 2.24) is 10.4 Å². The molecule has 0 saturated carbocycles. The molecule has 3 N–H and O–H groups in total. The quantitative estimate of drug-likeness (QED) is 0.838. The monoisotopic (exact) mass is 263 g/mol. The zero-order chi connectivity index (χ0) is 13.7. The molecule has 0 aliphatic carbocycles. The first-order valence-corrected chi connectivity index (χ1v) is 6.62. The number of carbonyl (C=O) groups excluding carboxylic acids is 1. The van der Waals surface area contributed by atoms with Gasteiger partial charge in [-0.25, -0.2) is 5.01 Å². The number of hydrazine groups is 1. The highest BCUT2D eigenvalue weighted by Crippen LogP contribution is 2.19. The van der Waals surface area contributed by atoms with Crippen LogP contribution in [0.3, 0.4) is 0 Å². The second kappa shape index (κ2) is 6.65. The molecule has 5 heteroatoms. The third kappa shape index (κ3) is 3.76. The third-order valence-corrected chi connectivity index (χ3v) is 3.42. The summed E-state index contributed by atoms with van der Waals surface area (Å²) in [5.41, 5.74) is 10.0. The summed E-state index contributed by atoms with van der Waals surface area (Å²) in [7, 11) is 0. The molecule has 0 bridgehead atoms. The van der Waals surface area contributed by atoms with Gasteiger partial charge in [-0.15, -0.1) is 0 Å². The SMILES string of the molecule is CC(C(=O)NN1CCOCC1)C(N)c1ccccc1. The van der Waals surface area contributed by atoms with Crippen LogP contribution >= 0.6 is 0 Å². The molecule has 1 saturated heterocycles. The van der Waals surface area contributed by atoms with E-state index in [0.717, 1.165) is 18.7 Å². The average molecular weight is 263 g/mol. The highest BCUT2D eigenvalue weighted by molar-refractivity contribution is 5.78. The Labute approximate surface area is 113 Å². The van der Waals surface area contributed by atoms with Crippen molar-refractivity contribution in [3.05, 3.63) is 35.9 Å². The van der Waals surface area contributed by atoms with Crippen molar-refractivity contribution in [1.29, 1.82) is 0 Å². The first-order chi connectivity index (χ1) is 9.18. The van der Waals surface area contributed by atoms with Crippen LogP contribution in [0.1, 0.15) is 18.5 Å². The van der Waals surface area contributed by atoms with E-state index in [1.54, 1.807) is 0 Å². The van der Waals surface area contributed by atoms with E-state index in [4.69, 9.17) is 10.5 Å². The van der Waals surface area contributed by atoms with E-state index in [1.807, 2.05) is 42.3 Å². The first kappa shape index (κ1) is 14.0. The summed E-state index contributed by atoms with van der Waals surface area (Å²) in [5.74, 6) is -0.316. The summed E-state index contributed by atoms with van der Waals surface area (Å²) >= 11 is 0. The second-order valence-corrected chi connectivity index (χ2v) is 4.80. The molecule has 5 nitrogen and oxygen atoms in total. The fourth-order valence-electron chi connectivity index (χ4n) is 2.06. The molecule has 1 heterocycles. The average Bonchev–Trinajstić information content (AvgIpc) is 2.47.